The molecule has 0 saturated heterocycles. The Morgan fingerprint density at radius 2 is 1.53 bits per heavy atom. The summed E-state index contributed by atoms with van der Waals surface area (Å²) in [6, 6.07) is 12.7. The lowest BCUT2D eigenvalue weighted by molar-refractivity contribution is 0.100. The van der Waals surface area contributed by atoms with Gasteiger partial charge in [-0.05, 0) is 23.8 Å². The molecule has 1 amide bonds. The number of primary sulfonamides is 1. The maximum Gasteiger partial charge on any atom is 0.248 e. The molecule has 0 atom stereocenters. The number of nitrogens with two attached hydrogens (primary N) is 2. The minimum atomic E-state index is -3.80. The van der Waals surface area contributed by atoms with Crippen molar-refractivity contribution in [3.8, 4) is 11.1 Å². The molecule has 2 aromatic rings. The van der Waals surface area contributed by atoms with Crippen LogP contribution >= 0.6 is 0 Å². The molecule has 0 aliphatic heterocycles. The highest BCUT2D eigenvalue weighted by molar-refractivity contribution is 7.89. The van der Waals surface area contributed by atoms with Gasteiger partial charge in [-0.2, -0.15) is 0 Å². The standard InChI is InChI=1S/C13H12N2O3S/c14-13(16)10-7-5-9(6-8-10)11-3-1-2-4-12(11)19(15,17)18/h1-8H,(H2,14,16)(H2,15,17,18). The lowest BCUT2D eigenvalue weighted by Gasteiger charge is -2.08. The van der Waals surface area contributed by atoms with Gasteiger partial charge in [0.1, 0.15) is 0 Å². The van der Waals surface area contributed by atoms with Crippen molar-refractivity contribution in [2.75, 3.05) is 0 Å². The summed E-state index contributed by atoms with van der Waals surface area (Å²) in [5, 5.41) is 5.17. The second kappa shape index (κ2) is 4.83. The van der Waals surface area contributed by atoms with Crippen molar-refractivity contribution >= 4 is 15.9 Å². The Morgan fingerprint density at radius 3 is 2.05 bits per heavy atom. The number of hydrogen-bond acceptors (Lipinski definition) is 3. The normalized spacial score (nSPS) is 11.2. The Bertz CT molecular complexity index is 722. The van der Waals surface area contributed by atoms with Crippen LogP contribution in [0.5, 0.6) is 0 Å². The third-order valence-corrected chi connectivity index (χ3v) is 3.64. The fraction of sp³-hybridized carbons (Fsp3) is 0. The number of hydrogen-bond donors (Lipinski definition) is 2. The number of primary amides is 1. The fourth-order valence-corrected chi connectivity index (χ4v) is 2.53. The first kappa shape index (κ1) is 13.3. The Kier molecular flexibility index (Phi) is 3.37. The topological polar surface area (TPSA) is 103 Å². The molecule has 0 saturated carbocycles. The monoisotopic (exact) mass is 276 g/mol. The third-order valence-electron chi connectivity index (χ3n) is 2.67. The van der Waals surface area contributed by atoms with Crippen LogP contribution in [0.2, 0.25) is 0 Å². The van der Waals surface area contributed by atoms with Crippen LogP contribution in [0.1, 0.15) is 10.4 Å². The smallest absolute Gasteiger partial charge is 0.248 e. The summed E-state index contributed by atoms with van der Waals surface area (Å²) in [6.07, 6.45) is 0. The van der Waals surface area contributed by atoms with Crippen LogP contribution in [0, 0.1) is 0 Å². The average molecular weight is 276 g/mol. The first-order valence-corrected chi connectivity index (χ1v) is 6.96. The summed E-state index contributed by atoms with van der Waals surface area (Å²) < 4.78 is 23.0. The molecule has 5 nitrogen and oxygen atoms in total. The molecule has 0 fully saturated rings. The van der Waals surface area contributed by atoms with Gasteiger partial charge in [-0.3, -0.25) is 4.79 Å². The van der Waals surface area contributed by atoms with Crippen LogP contribution in [0.4, 0.5) is 0 Å². The van der Waals surface area contributed by atoms with Crippen LogP contribution in [-0.4, -0.2) is 14.3 Å². The first-order valence-electron chi connectivity index (χ1n) is 5.41. The molecule has 0 heterocycles. The molecule has 2 rings (SSSR count). The maximum absolute atomic E-state index is 11.5. The number of carbonyl (C=O) groups is 1. The number of carbonyl (C=O) groups excluding carboxylic acids is 1. The Morgan fingerprint density at radius 1 is 0.947 bits per heavy atom. The van der Waals surface area contributed by atoms with Gasteiger partial charge in [0, 0.05) is 11.1 Å². The second-order valence-electron chi connectivity index (χ2n) is 3.98. The number of rotatable bonds is 3. The molecular formula is C13H12N2O3S. The highest BCUT2D eigenvalue weighted by atomic mass is 32.2. The van der Waals surface area contributed by atoms with Gasteiger partial charge in [0.2, 0.25) is 15.9 Å². The number of sulfonamides is 1. The Labute approximate surface area is 110 Å². The predicted octanol–water partition coefficient (Wildman–Crippen LogP) is 1.10. The molecule has 0 radical (unpaired) electrons. The highest BCUT2D eigenvalue weighted by Gasteiger charge is 2.14. The first-order chi connectivity index (χ1) is 8.89. The zero-order chi connectivity index (χ0) is 14.0. The van der Waals surface area contributed by atoms with E-state index in [0.29, 0.717) is 16.7 Å². The highest BCUT2D eigenvalue weighted by Crippen LogP contribution is 2.26. The van der Waals surface area contributed by atoms with E-state index in [0.717, 1.165) is 0 Å². The molecule has 0 aromatic heterocycles. The summed E-state index contributed by atoms with van der Waals surface area (Å²) >= 11 is 0. The van der Waals surface area contributed by atoms with Crippen LogP contribution in [0.15, 0.2) is 53.4 Å². The minimum Gasteiger partial charge on any atom is -0.366 e. The number of amides is 1. The molecule has 98 valence electrons. The Hall–Kier alpha value is -2.18. The molecule has 0 spiro atoms. The van der Waals surface area contributed by atoms with E-state index in [4.69, 9.17) is 10.9 Å². The van der Waals surface area contributed by atoms with E-state index < -0.39 is 15.9 Å². The van der Waals surface area contributed by atoms with E-state index in [9.17, 15) is 13.2 Å². The second-order valence-corrected chi connectivity index (χ2v) is 5.51. The molecule has 0 unspecified atom stereocenters. The van der Waals surface area contributed by atoms with Crippen LogP contribution in [-0.2, 0) is 10.0 Å². The van der Waals surface area contributed by atoms with Crippen LogP contribution in [0.25, 0.3) is 11.1 Å². The summed E-state index contributed by atoms with van der Waals surface area (Å²) in [6.45, 7) is 0. The molecule has 0 aliphatic rings. The van der Waals surface area contributed by atoms with Crippen molar-refractivity contribution in [1.82, 2.24) is 0 Å². The van der Waals surface area contributed by atoms with Gasteiger partial charge >= 0.3 is 0 Å². The maximum atomic E-state index is 11.5. The SMILES string of the molecule is NC(=O)c1ccc(-c2ccccc2S(N)(=O)=O)cc1. The van der Waals surface area contributed by atoms with Crippen molar-refractivity contribution in [3.63, 3.8) is 0 Å². The van der Waals surface area contributed by atoms with Crippen molar-refractivity contribution in [1.29, 1.82) is 0 Å². The largest absolute Gasteiger partial charge is 0.366 e. The molecule has 0 aliphatic carbocycles. The van der Waals surface area contributed by atoms with Crippen molar-refractivity contribution < 1.29 is 13.2 Å². The molecule has 2 aromatic carbocycles. The summed E-state index contributed by atoms with van der Waals surface area (Å²) in [7, 11) is -3.80. The molecular weight excluding hydrogens is 264 g/mol. The van der Waals surface area contributed by atoms with Gasteiger partial charge in [-0.1, -0.05) is 30.3 Å². The fourth-order valence-electron chi connectivity index (χ4n) is 1.77. The van der Waals surface area contributed by atoms with E-state index in [2.05, 4.69) is 0 Å². The van der Waals surface area contributed by atoms with Crippen molar-refractivity contribution in [2.24, 2.45) is 10.9 Å². The van der Waals surface area contributed by atoms with Crippen molar-refractivity contribution in [2.45, 2.75) is 4.90 Å². The van der Waals surface area contributed by atoms with Gasteiger partial charge in [0.15, 0.2) is 0 Å². The zero-order valence-corrected chi connectivity index (χ0v) is 10.7. The summed E-state index contributed by atoms with van der Waals surface area (Å²) in [5.74, 6) is -0.536. The molecule has 6 heteroatoms. The Balaban J connectivity index is 2.57. The van der Waals surface area contributed by atoms with Crippen LogP contribution in [0.3, 0.4) is 0 Å². The minimum absolute atomic E-state index is 0.0434. The molecule has 0 bridgehead atoms. The summed E-state index contributed by atoms with van der Waals surface area (Å²) in [4.78, 5) is 11.0. The van der Waals surface area contributed by atoms with E-state index >= 15 is 0 Å². The van der Waals surface area contributed by atoms with E-state index in [1.807, 2.05) is 0 Å². The summed E-state index contributed by atoms with van der Waals surface area (Å²) in [5.41, 5.74) is 6.64. The quantitative estimate of drug-likeness (QED) is 0.877. The molecule has 4 N–H and O–H groups in total. The van der Waals surface area contributed by atoms with Gasteiger partial charge in [-0.25, -0.2) is 13.6 Å². The molecule has 19 heavy (non-hydrogen) atoms. The lowest BCUT2D eigenvalue weighted by Crippen LogP contribution is -2.13. The zero-order valence-electron chi connectivity index (χ0n) is 9.91. The predicted molar refractivity (Wildman–Crippen MR) is 71.8 cm³/mol. The van der Waals surface area contributed by atoms with E-state index in [1.54, 1.807) is 30.3 Å². The van der Waals surface area contributed by atoms with E-state index in [1.165, 1.54) is 18.2 Å². The number of benzene rings is 2. The van der Waals surface area contributed by atoms with Gasteiger partial charge < -0.3 is 5.73 Å². The van der Waals surface area contributed by atoms with E-state index in [-0.39, 0.29) is 4.90 Å². The van der Waals surface area contributed by atoms with Gasteiger partial charge in [0.25, 0.3) is 0 Å². The van der Waals surface area contributed by atoms with Crippen LogP contribution < -0.4 is 10.9 Å². The van der Waals surface area contributed by atoms with Gasteiger partial charge in [-0.15, -0.1) is 0 Å². The lowest BCUT2D eigenvalue weighted by atomic mass is 10.0. The third kappa shape index (κ3) is 2.81. The van der Waals surface area contributed by atoms with Crippen molar-refractivity contribution in [3.05, 3.63) is 54.1 Å². The van der Waals surface area contributed by atoms with Gasteiger partial charge in [0.05, 0.1) is 4.90 Å². The average Bonchev–Trinajstić information content (AvgIpc) is 2.38.